The van der Waals surface area contributed by atoms with Crippen LogP contribution in [0, 0.1) is 0 Å². The van der Waals surface area contributed by atoms with Crippen molar-refractivity contribution in [2.24, 2.45) is 11.5 Å². The van der Waals surface area contributed by atoms with Crippen LogP contribution in [0.2, 0.25) is 0 Å². The molecule has 0 bridgehead atoms. The largest absolute Gasteiger partial charge is 0.391 e. The van der Waals surface area contributed by atoms with E-state index in [9.17, 15) is 18.0 Å². The highest BCUT2D eigenvalue weighted by Crippen LogP contribution is 2.20. The highest BCUT2D eigenvalue weighted by atomic mass is 35.5. The summed E-state index contributed by atoms with van der Waals surface area (Å²) in [5, 5.41) is 0. The standard InChI is InChI=1S/C4H7F3N2O.ClH/c5-4(6,7)1-2(8)3(9)10;/h2H,1,8H2,(H2,9,10);1H. The summed E-state index contributed by atoms with van der Waals surface area (Å²) in [5.74, 6) is -1.14. The van der Waals surface area contributed by atoms with E-state index in [0.717, 1.165) is 0 Å². The Morgan fingerprint density at radius 2 is 1.82 bits per heavy atom. The normalized spacial score (nSPS) is 13.5. The first kappa shape index (κ1) is 13.1. The van der Waals surface area contributed by atoms with Crippen LogP contribution in [0.15, 0.2) is 0 Å². The lowest BCUT2D eigenvalue weighted by molar-refractivity contribution is -0.145. The molecule has 1 amide bonds. The van der Waals surface area contributed by atoms with Crippen LogP contribution in [-0.2, 0) is 4.79 Å². The molecule has 0 aliphatic carbocycles. The number of carbonyl (C=O) groups is 1. The Kier molecular flexibility index (Phi) is 5.25. The van der Waals surface area contributed by atoms with Crippen molar-refractivity contribution in [2.75, 3.05) is 0 Å². The molecule has 0 saturated carbocycles. The Labute approximate surface area is 67.3 Å². The fourth-order valence-corrected chi connectivity index (χ4v) is 0.350. The van der Waals surface area contributed by atoms with Crippen LogP contribution in [0.4, 0.5) is 13.2 Å². The number of hydrogen-bond acceptors (Lipinski definition) is 2. The first-order valence-electron chi connectivity index (χ1n) is 2.44. The zero-order valence-corrected chi connectivity index (χ0v) is 6.21. The quantitative estimate of drug-likeness (QED) is 0.655. The lowest BCUT2D eigenvalue weighted by atomic mass is 10.2. The van der Waals surface area contributed by atoms with E-state index in [1.807, 2.05) is 0 Å². The average molecular weight is 193 g/mol. The van der Waals surface area contributed by atoms with Crippen molar-refractivity contribution in [3.05, 3.63) is 0 Å². The maximum absolute atomic E-state index is 11.4. The summed E-state index contributed by atoms with van der Waals surface area (Å²) >= 11 is 0. The van der Waals surface area contributed by atoms with Gasteiger partial charge in [0.1, 0.15) is 0 Å². The number of carbonyl (C=O) groups excluding carboxylic acids is 1. The zero-order valence-electron chi connectivity index (χ0n) is 5.39. The van der Waals surface area contributed by atoms with Crippen molar-refractivity contribution < 1.29 is 18.0 Å². The molecule has 3 nitrogen and oxygen atoms in total. The molecule has 1 unspecified atom stereocenters. The SMILES string of the molecule is Cl.NC(=O)C(N)CC(F)(F)F. The Morgan fingerprint density at radius 1 is 1.45 bits per heavy atom. The zero-order chi connectivity index (χ0) is 8.36. The third kappa shape index (κ3) is 7.41. The molecule has 0 aliphatic rings. The van der Waals surface area contributed by atoms with Crippen molar-refractivity contribution in [1.82, 2.24) is 0 Å². The van der Waals surface area contributed by atoms with Crippen LogP contribution in [0.5, 0.6) is 0 Å². The molecule has 0 aromatic rings. The van der Waals surface area contributed by atoms with Gasteiger partial charge in [-0.05, 0) is 0 Å². The van der Waals surface area contributed by atoms with Crippen LogP contribution in [0.25, 0.3) is 0 Å². The number of amides is 1. The third-order valence-corrected chi connectivity index (χ3v) is 0.817. The number of rotatable bonds is 2. The minimum Gasteiger partial charge on any atom is -0.368 e. The Morgan fingerprint density at radius 3 is 1.91 bits per heavy atom. The van der Waals surface area contributed by atoms with Gasteiger partial charge in [-0.3, -0.25) is 4.79 Å². The number of alkyl halides is 3. The van der Waals surface area contributed by atoms with E-state index in [-0.39, 0.29) is 12.4 Å². The molecule has 0 aliphatic heterocycles. The third-order valence-electron chi connectivity index (χ3n) is 0.817. The molecule has 11 heavy (non-hydrogen) atoms. The second kappa shape index (κ2) is 4.40. The van der Waals surface area contributed by atoms with Crippen molar-refractivity contribution in [3.8, 4) is 0 Å². The molecule has 0 radical (unpaired) electrons. The average Bonchev–Trinajstić information content (AvgIpc) is 1.60. The first-order valence-corrected chi connectivity index (χ1v) is 2.44. The summed E-state index contributed by atoms with van der Waals surface area (Å²) in [6.45, 7) is 0. The molecule has 0 spiro atoms. The van der Waals surface area contributed by atoms with Crippen molar-refractivity contribution in [3.63, 3.8) is 0 Å². The van der Waals surface area contributed by atoms with E-state index in [1.165, 1.54) is 0 Å². The molecule has 0 saturated heterocycles. The first-order chi connectivity index (χ1) is 4.33. The lowest BCUT2D eigenvalue weighted by Gasteiger charge is -2.09. The fourth-order valence-electron chi connectivity index (χ4n) is 0.350. The summed E-state index contributed by atoms with van der Waals surface area (Å²) < 4.78 is 34.1. The number of nitrogens with two attached hydrogens (primary N) is 2. The Bertz CT molecular complexity index is 138. The summed E-state index contributed by atoms with van der Waals surface area (Å²) in [5.41, 5.74) is 9.19. The minimum absolute atomic E-state index is 0. The second-order valence-corrected chi connectivity index (χ2v) is 1.83. The molecule has 0 rings (SSSR count). The van der Waals surface area contributed by atoms with E-state index < -0.39 is 24.5 Å². The monoisotopic (exact) mass is 192 g/mol. The maximum Gasteiger partial charge on any atom is 0.391 e. The smallest absolute Gasteiger partial charge is 0.368 e. The predicted molar refractivity (Wildman–Crippen MR) is 35.1 cm³/mol. The van der Waals surface area contributed by atoms with Gasteiger partial charge in [0.05, 0.1) is 12.5 Å². The molecular formula is C4H8ClF3N2O. The molecule has 4 N–H and O–H groups in total. The molecule has 7 heteroatoms. The van der Waals surface area contributed by atoms with Gasteiger partial charge in [0.25, 0.3) is 0 Å². The molecule has 0 heterocycles. The molecule has 68 valence electrons. The van der Waals surface area contributed by atoms with E-state index >= 15 is 0 Å². The van der Waals surface area contributed by atoms with Crippen LogP contribution < -0.4 is 11.5 Å². The van der Waals surface area contributed by atoms with E-state index in [2.05, 4.69) is 5.73 Å². The van der Waals surface area contributed by atoms with Gasteiger partial charge in [0.2, 0.25) is 5.91 Å². The van der Waals surface area contributed by atoms with E-state index in [4.69, 9.17) is 5.73 Å². The van der Waals surface area contributed by atoms with Gasteiger partial charge in [0.15, 0.2) is 0 Å². The van der Waals surface area contributed by atoms with Gasteiger partial charge in [-0.2, -0.15) is 13.2 Å². The van der Waals surface area contributed by atoms with E-state index in [0.29, 0.717) is 0 Å². The van der Waals surface area contributed by atoms with Gasteiger partial charge in [-0.25, -0.2) is 0 Å². The van der Waals surface area contributed by atoms with Crippen LogP contribution >= 0.6 is 12.4 Å². The molecule has 0 aromatic carbocycles. The molecule has 1 atom stereocenters. The van der Waals surface area contributed by atoms with Crippen molar-refractivity contribution in [1.29, 1.82) is 0 Å². The lowest BCUT2D eigenvalue weighted by Crippen LogP contribution is -2.39. The molecule has 0 fully saturated rings. The fraction of sp³-hybridized carbons (Fsp3) is 0.750. The van der Waals surface area contributed by atoms with Gasteiger partial charge in [-0.1, -0.05) is 0 Å². The number of halogens is 4. The van der Waals surface area contributed by atoms with Gasteiger partial charge >= 0.3 is 6.18 Å². The van der Waals surface area contributed by atoms with Crippen LogP contribution in [0.3, 0.4) is 0 Å². The minimum atomic E-state index is -4.42. The number of primary amides is 1. The predicted octanol–water partition coefficient (Wildman–Crippen LogP) is 0.173. The van der Waals surface area contributed by atoms with Gasteiger partial charge in [0, 0.05) is 0 Å². The van der Waals surface area contributed by atoms with Crippen molar-refractivity contribution >= 4 is 18.3 Å². The van der Waals surface area contributed by atoms with E-state index in [1.54, 1.807) is 0 Å². The van der Waals surface area contributed by atoms with Gasteiger partial charge in [-0.15, -0.1) is 12.4 Å². The Balaban J connectivity index is 0. The highest BCUT2D eigenvalue weighted by molar-refractivity contribution is 5.85. The number of hydrogen-bond donors (Lipinski definition) is 2. The summed E-state index contributed by atoms with van der Waals surface area (Å²) in [6.07, 6.45) is -5.78. The Hall–Kier alpha value is -0.490. The van der Waals surface area contributed by atoms with Crippen LogP contribution in [-0.4, -0.2) is 18.1 Å². The topological polar surface area (TPSA) is 69.1 Å². The highest BCUT2D eigenvalue weighted by Gasteiger charge is 2.32. The summed E-state index contributed by atoms with van der Waals surface area (Å²) in [4.78, 5) is 9.97. The molecular weight excluding hydrogens is 185 g/mol. The summed E-state index contributed by atoms with van der Waals surface area (Å²) in [6, 6.07) is -1.62. The molecule has 0 aromatic heterocycles. The summed E-state index contributed by atoms with van der Waals surface area (Å²) in [7, 11) is 0. The van der Waals surface area contributed by atoms with Gasteiger partial charge < -0.3 is 11.5 Å². The maximum atomic E-state index is 11.4. The van der Waals surface area contributed by atoms with Crippen molar-refractivity contribution in [2.45, 2.75) is 18.6 Å². The second-order valence-electron chi connectivity index (χ2n) is 1.83. The van der Waals surface area contributed by atoms with Crippen LogP contribution in [0.1, 0.15) is 6.42 Å².